The highest BCUT2D eigenvalue weighted by atomic mass is 35.5. The van der Waals surface area contributed by atoms with E-state index in [2.05, 4.69) is 11.9 Å². The number of halogens is 1. The SMILES string of the molecule is CCOC(=O)c1ncc(Cl)cc1[C@@H]1CC(=O)CCC[C@H]1C. The lowest BCUT2D eigenvalue weighted by Gasteiger charge is -2.23. The molecular weight excluding hydrogens is 290 g/mol. The van der Waals surface area contributed by atoms with E-state index in [4.69, 9.17) is 16.3 Å². The minimum Gasteiger partial charge on any atom is -0.461 e. The summed E-state index contributed by atoms with van der Waals surface area (Å²) in [7, 11) is 0. The number of nitrogens with zero attached hydrogens (tertiary/aromatic N) is 1. The van der Waals surface area contributed by atoms with E-state index in [9.17, 15) is 9.59 Å². The molecule has 114 valence electrons. The van der Waals surface area contributed by atoms with Crippen molar-refractivity contribution in [2.45, 2.75) is 45.4 Å². The molecule has 1 aromatic heterocycles. The van der Waals surface area contributed by atoms with E-state index in [-0.39, 0.29) is 17.4 Å². The fourth-order valence-electron chi connectivity index (χ4n) is 2.89. The highest BCUT2D eigenvalue weighted by molar-refractivity contribution is 6.30. The van der Waals surface area contributed by atoms with Crippen molar-refractivity contribution in [1.82, 2.24) is 4.98 Å². The van der Waals surface area contributed by atoms with Gasteiger partial charge in [-0.05, 0) is 43.2 Å². The predicted octanol–water partition coefficient (Wildman–Crippen LogP) is 3.77. The zero-order chi connectivity index (χ0) is 15.4. The first kappa shape index (κ1) is 16.0. The fraction of sp³-hybridized carbons (Fsp3) is 0.562. The molecule has 2 atom stereocenters. The van der Waals surface area contributed by atoms with Gasteiger partial charge in [-0.3, -0.25) is 4.79 Å². The molecule has 1 aromatic rings. The van der Waals surface area contributed by atoms with Gasteiger partial charge in [-0.25, -0.2) is 9.78 Å². The van der Waals surface area contributed by atoms with Crippen LogP contribution in [0.2, 0.25) is 5.02 Å². The maximum atomic E-state index is 12.1. The van der Waals surface area contributed by atoms with Gasteiger partial charge in [0.1, 0.15) is 5.78 Å². The molecule has 0 aliphatic heterocycles. The Hall–Kier alpha value is -1.42. The summed E-state index contributed by atoms with van der Waals surface area (Å²) in [5, 5.41) is 0.474. The molecule has 0 bridgehead atoms. The number of pyridine rings is 1. The van der Waals surface area contributed by atoms with Crippen molar-refractivity contribution >= 4 is 23.4 Å². The Labute approximate surface area is 129 Å². The number of Topliss-reactive ketones (excluding diaryl/α,β-unsaturated/α-hetero) is 1. The Bertz CT molecular complexity index is 544. The van der Waals surface area contributed by atoms with Crippen LogP contribution in [0.5, 0.6) is 0 Å². The van der Waals surface area contributed by atoms with E-state index in [0.717, 1.165) is 18.4 Å². The lowest BCUT2D eigenvalue weighted by atomic mass is 9.82. The maximum absolute atomic E-state index is 12.1. The molecule has 0 radical (unpaired) electrons. The lowest BCUT2D eigenvalue weighted by Crippen LogP contribution is -2.18. The number of hydrogen-bond donors (Lipinski definition) is 0. The second-order valence-corrected chi connectivity index (χ2v) is 5.97. The quantitative estimate of drug-likeness (QED) is 0.630. The molecule has 2 rings (SSSR count). The Balaban J connectivity index is 2.42. The van der Waals surface area contributed by atoms with Gasteiger partial charge in [0.2, 0.25) is 0 Å². The van der Waals surface area contributed by atoms with E-state index in [0.29, 0.717) is 30.4 Å². The number of hydrogen-bond acceptors (Lipinski definition) is 4. The van der Waals surface area contributed by atoms with Crippen molar-refractivity contribution in [3.05, 3.63) is 28.5 Å². The molecule has 5 heteroatoms. The summed E-state index contributed by atoms with van der Waals surface area (Å²) in [6, 6.07) is 1.75. The van der Waals surface area contributed by atoms with E-state index in [1.807, 2.05) is 0 Å². The number of ether oxygens (including phenoxy) is 1. The minimum absolute atomic E-state index is 0.0226. The van der Waals surface area contributed by atoms with Crippen LogP contribution in [0, 0.1) is 5.92 Å². The molecule has 1 heterocycles. The zero-order valence-corrected chi connectivity index (χ0v) is 13.2. The molecule has 0 amide bonds. The van der Waals surface area contributed by atoms with Crippen LogP contribution in [0.1, 0.15) is 61.5 Å². The van der Waals surface area contributed by atoms with Gasteiger partial charge >= 0.3 is 5.97 Å². The van der Waals surface area contributed by atoms with E-state index < -0.39 is 5.97 Å². The summed E-state index contributed by atoms with van der Waals surface area (Å²) in [6.07, 6.45) is 4.37. The Morgan fingerprint density at radius 1 is 1.52 bits per heavy atom. The molecule has 0 spiro atoms. The molecule has 1 aliphatic carbocycles. The molecule has 0 aromatic carbocycles. The Morgan fingerprint density at radius 3 is 3.00 bits per heavy atom. The zero-order valence-electron chi connectivity index (χ0n) is 12.4. The van der Waals surface area contributed by atoms with Crippen LogP contribution < -0.4 is 0 Å². The van der Waals surface area contributed by atoms with Crippen molar-refractivity contribution in [3.63, 3.8) is 0 Å². The predicted molar refractivity (Wildman–Crippen MR) is 80.6 cm³/mol. The van der Waals surface area contributed by atoms with Gasteiger partial charge in [0, 0.05) is 19.0 Å². The average molecular weight is 310 g/mol. The molecule has 0 unspecified atom stereocenters. The third-order valence-electron chi connectivity index (χ3n) is 4.00. The summed E-state index contributed by atoms with van der Waals surface area (Å²) in [4.78, 5) is 28.2. The van der Waals surface area contributed by atoms with E-state index in [1.54, 1.807) is 13.0 Å². The lowest BCUT2D eigenvalue weighted by molar-refractivity contribution is -0.119. The summed E-state index contributed by atoms with van der Waals surface area (Å²) in [6.45, 7) is 4.16. The van der Waals surface area contributed by atoms with Crippen LogP contribution in [0.25, 0.3) is 0 Å². The molecule has 1 saturated carbocycles. The highest BCUT2D eigenvalue weighted by Crippen LogP contribution is 2.37. The van der Waals surface area contributed by atoms with Gasteiger partial charge in [0.15, 0.2) is 5.69 Å². The molecule has 0 N–H and O–H groups in total. The van der Waals surface area contributed by atoms with Crippen LogP contribution >= 0.6 is 11.6 Å². The summed E-state index contributed by atoms with van der Waals surface area (Å²) < 4.78 is 5.06. The monoisotopic (exact) mass is 309 g/mol. The van der Waals surface area contributed by atoms with Gasteiger partial charge < -0.3 is 4.74 Å². The minimum atomic E-state index is -0.451. The molecule has 4 nitrogen and oxygen atoms in total. The maximum Gasteiger partial charge on any atom is 0.357 e. The number of aromatic nitrogens is 1. The second-order valence-electron chi connectivity index (χ2n) is 5.53. The molecule has 1 aliphatic rings. The third kappa shape index (κ3) is 3.82. The second kappa shape index (κ2) is 7.03. The molecule has 1 fully saturated rings. The largest absolute Gasteiger partial charge is 0.461 e. The van der Waals surface area contributed by atoms with Crippen LogP contribution in [0.4, 0.5) is 0 Å². The smallest absolute Gasteiger partial charge is 0.357 e. The number of carbonyl (C=O) groups is 2. The number of ketones is 1. The number of rotatable bonds is 3. The standard InChI is InChI=1S/C16H20ClNO3/c1-3-21-16(20)15-14(7-11(17)9-18-15)13-8-12(19)6-4-5-10(13)2/h7,9-10,13H,3-6,8H2,1-2H3/t10-,13-/m1/s1. The Kier molecular flexibility index (Phi) is 5.34. The average Bonchev–Trinajstić information content (AvgIpc) is 2.60. The van der Waals surface area contributed by atoms with Gasteiger partial charge in [-0.1, -0.05) is 18.5 Å². The van der Waals surface area contributed by atoms with Crippen LogP contribution in [0.3, 0.4) is 0 Å². The molecule has 21 heavy (non-hydrogen) atoms. The topological polar surface area (TPSA) is 56.3 Å². The van der Waals surface area contributed by atoms with Crippen molar-refractivity contribution < 1.29 is 14.3 Å². The summed E-state index contributed by atoms with van der Waals surface area (Å²) >= 11 is 6.04. The van der Waals surface area contributed by atoms with Crippen molar-refractivity contribution in [3.8, 4) is 0 Å². The first-order valence-electron chi connectivity index (χ1n) is 7.37. The van der Waals surface area contributed by atoms with Crippen LogP contribution in [0.15, 0.2) is 12.3 Å². The Morgan fingerprint density at radius 2 is 2.29 bits per heavy atom. The summed E-state index contributed by atoms with van der Waals surface area (Å²) in [5.41, 5.74) is 1.02. The normalized spacial score (nSPS) is 22.7. The van der Waals surface area contributed by atoms with Crippen molar-refractivity contribution in [1.29, 1.82) is 0 Å². The number of carbonyl (C=O) groups excluding carboxylic acids is 2. The van der Waals surface area contributed by atoms with Crippen molar-refractivity contribution in [2.75, 3.05) is 6.61 Å². The van der Waals surface area contributed by atoms with Gasteiger partial charge in [0.05, 0.1) is 11.6 Å². The van der Waals surface area contributed by atoms with Crippen molar-refractivity contribution in [2.24, 2.45) is 5.92 Å². The van der Waals surface area contributed by atoms with Gasteiger partial charge in [-0.2, -0.15) is 0 Å². The number of esters is 1. The highest BCUT2D eigenvalue weighted by Gasteiger charge is 2.30. The summed E-state index contributed by atoms with van der Waals surface area (Å²) in [5.74, 6) is 0.0719. The third-order valence-corrected chi connectivity index (χ3v) is 4.21. The molecule has 0 saturated heterocycles. The van der Waals surface area contributed by atoms with Crippen LogP contribution in [-0.2, 0) is 9.53 Å². The van der Waals surface area contributed by atoms with Gasteiger partial charge in [0.25, 0.3) is 0 Å². The first-order valence-corrected chi connectivity index (χ1v) is 7.75. The van der Waals surface area contributed by atoms with Crippen LogP contribution in [-0.4, -0.2) is 23.3 Å². The van der Waals surface area contributed by atoms with E-state index >= 15 is 0 Å². The first-order chi connectivity index (χ1) is 10.0. The molecular formula is C16H20ClNO3. The van der Waals surface area contributed by atoms with E-state index in [1.165, 1.54) is 6.20 Å². The fourth-order valence-corrected chi connectivity index (χ4v) is 3.06. The van der Waals surface area contributed by atoms with Gasteiger partial charge in [-0.15, -0.1) is 0 Å².